The number of nitrogens with zero attached hydrogens (tertiary/aromatic N) is 4. The van der Waals surface area contributed by atoms with Crippen LogP contribution in [0.5, 0.6) is 0 Å². The number of hydrogen-bond acceptors (Lipinski definition) is 6. The highest BCUT2D eigenvalue weighted by Crippen LogP contribution is 2.34. The van der Waals surface area contributed by atoms with Gasteiger partial charge in [0.05, 0.1) is 10.5 Å². The lowest BCUT2D eigenvalue weighted by molar-refractivity contribution is -0.122. The van der Waals surface area contributed by atoms with Gasteiger partial charge in [0.2, 0.25) is 0 Å². The Balaban J connectivity index is 1.47. The van der Waals surface area contributed by atoms with Gasteiger partial charge in [0, 0.05) is 25.8 Å². The molecule has 0 radical (unpaired) electrons. The number of unbranched alkanes of at least 4 members (excludes halogenated alkanes) is 5. The number of rotatable bonds is 9. The standard InChI is InChI=1S/C30H34N4O2S2/c1-3-4-5-6-7-10-16-33-29(36)25(38-30(33)37)18-24-27(31-26-14-13-21(2)19-34(26)28(24)35)32-17-15-22-11-8-9-12-23(22)20-32/h8-9,11-14,18-19H,3-7,10,15-17,20H2,1-2H3/b25-18+. The Morgan fingerprint density at radius 3 is 2.61 bits per heavy atom. The molecule has 2 aliphatic rings. The number of fused-ring (bicyclic) bond motifs is 2. The van der Waals surface area contributed by atoms with E-state index in [4.69, 9.17) is 17.2 Å². The molecule has 0 atom stereocenters. The van der Waals surface area contributed by atoms with Crippen molar-refractivity contribution >= 4 is 51.7 Å². The molecule has 198 valence electrons. The maximum Gasteiger partial charge on any atom is 0.267 e. The number of hydrogen-bond donors (Lipinski definition) is 0. The van der Waals surface area contributed by atoms with Crippen LogP contribution in [0.2, 0.25) is 0 Å². The highest BCUT2D eigenvalue weighted by atomic mass is 32.2. The van der Waals surface area contributed by atoms with Gasteiger partial charge in [-0.2, -0.15) is 0 Å². The molecule has 2 aromatic heterocycles. The minimum atomic E-state index is -0.172. The first-order valence-corrected chi connectivity index (χ1v) is 14.8. The molecule has 2 aliphatic heterocycles. The summed E-state index contributed by atoms with van der Waals surface area (Å²) < 4.78 is 2.15. The molecule has 0 aliphatic carbocycles. The third-order valence-corrected chi connectivity index (χ3v) is 8.68. The highest BCUT2D eigenvalue weighted by Gasteiger charge is 2.33. The minimum Gasteiger partial charge on any atom is -0.351 e. The zero-order chi connectivity index (χ0) is 26.6. The van der Waals surface area contributed by atoms with E-state index in [-0.39, 0.29) is 11.5 Å². The fourth-order valence-corrected chi connectivity index (χ4v) is 6.46. The first-order chi connectivity index (χ1) is 18.5. The molecule has 0 N–H and O–H groups in total. The van der Waals surface area contributed by atoms with Crippen LogP contribution in [0.4, 0.5) is 5.82 Å². The van der Waals surface area contributed by atoms with Gasteiger partial charge in [-0.1, -0.05) is 93.3 Å². The number of carbonyl (C=O) groups excluding carboxylic acids is 1. The minimum absolute atomic E-state index is 0.114. The molecule has 1 saturated heterocycles. The van der Waals surface area contributed by atoms with E-state index in [0.29, 0.717) is 39.3 Å². The number of aromatic nitrogens is 2. The van der Waals surface area contributed by atoms with E-state index in [1.54, 1.807) is 21.6 Å². The van der Waals surface area contributed by atoms with Gasteiger partial charge in [0.25, 0.3) is 11.5 Å². The number of pyridine rings is 1. The quantitative estimate of drug-likeness (QED) is 0.183. The predicted molar refractivity (Wildman–Crippen MR) is 161 cm³/mol. The molecule has 3 aromatic rings. The first-order valence-electron chi connectivity index (χ1n) is 13.6. The van der Waals surface area contributed by atoms with Gasteiger partial charge in [0.15, 0.2) is 0 Å². The fourth-order valence-electron chi connectivity index (χ4n) is 5.16. The molecule has 1 fully saturated rings. The smallest absolute Gasteiger partial charge is 0.267 e. The van der Waals surface area contributed by atoms with E-state index in [1.807, 2.05) is 25.1 Å². The van der Waals surface area contributed by atoms with Gasteiger partial charge in [0.1, 0.15) is 15.8 Å². The third kappa shape index (κ3) is 5.57. The lowest BCUT2D eigenvalue weighted by Crippen LogP contribution is -2.34. The van der Waals surface area contributed by atoms with Crippen molar-refractivity contribution in [3.05, 3.63) is 80.1 Å². The summed E-state index contributed by atoms with van der Waals surface area (Å²) in [5.74, 6) is 0.506. The Morgan fingerprint density at radius 2 is 1.79 bits per heavy atom. The summed E-state index contributed by atoms with van der Waals surface area (Å²) in [4.78, 5) is 36.5. The van der Waals surface area contributed by atoms with Gasteiger partial charge >= 0.3 is 0 Å². The van der Waals surface area contributed by atoms with Gasteiger partial charge < -0.3 is 4.90 Å². The molecule has 6 nitrogen and oxygen atoms in total. The number of carbonyl (C=O) groups is 1. The van der Waals surface area contributed by atoms with Crippen molar-refractivity contribution in [2.24, 2.45) is 0 Å². The Bertz CT molecular complexity index is 1460. The Labute approximate surface area is 233 Å². The molecule has 1 aromatic carbocycles. The average Bonchev–Trinajstić information content (AvgIpc) is 3.19. The third-order valence-electron chi connectivity index (χ3n) is 7.30. The van der Waals surface area contributed by atoms with Crippen molar-refractivity contribution in [2.45, 2.75) is 65.3 Å². The Kier molecular flexibility index (Phi) is 8.29. The molecule has 38 heavy (non-hydrogen) atoms. The molecule has 0 bridgehead atoms. The van der Waals surface area contributed by atoms with Crippen LogP contribution in [0.3, 0.4) is 0 Å². The van der Waals surface area contributed by atoms with Crippen molar-refractivity contribution in [2.75, 3.05) is 18.0 Å². The summed E-state index contributed by atoms with van der Waals surface area (Å²) in [7, 11) is 0. The maximum absolute atomic E-state index is 13.8. The zero-order valence-corrected chi connectivity index (χ0v) is 23.7. The second-order valence-electron chi connectivity index (χ2n) is 10.1. The van der Waals surface area contributed by atoms with E-state index < -0.39 is 0 Å². The highest BCUT2D eigenvalue weighted by molar-refractivity contribution is 8.26. The Morgan fingerprint density at radius 1 is 1.03 bits per heavy atom. The van der Waals surface area contributed by atoms with Crippen molar-refractivity contribution in [3.63, 3.8) is 0 Å². The van der Waals surface area contributed by atoms with Crippen LogP contribution < -0.4 is 10.5 Å². The van der Waals surface area contributed by atoms with Crippen LogP contribution in [0.1, 0.15) is 67.7 Å². The maximum atomic E-state index is 13.8. The van der Waals surface area contributed by atoms with E-state index in [2.05, 4.69) is 30.0 Å². The van der Waals surface area contributed by atoms with Crippen LogP contribution in [0.25, 0.3) is 11.7 Å². The van der Waals surface area contributed by atoms with Gasteiger partial charge in [-0.3, -0.25) is 18.9 Å². The number of amides is 1. The molecule has 0 saturated carbocycles. The second kappa shape index (κ2) is 11.8. The number of anilines is 1. The monoisotopic (exact) mass is 546 g/mol. The van der Waals surface area contributed by atoms with E-state index in [0.717, 1.165) is 31.4 Å². The van der Waals surface area contributed by atoms with Crippen molar-refractivity contribution in [1.29, 1.82) is 0 Å². The van der Waals surface area contributed by atoms with Crippen molar-refractivity contribution in [3.8, 4) is 0 Å². The number of aryl methyl sites for hydroxylation is 1. The van der Waals surface area contributed by atoms with Gasteiger partial charge in [-0.25, -0.2) is 4.98 Å². The summed E-state index contributed by atoms with van der Waals surface area (Å²) >= 11 is 6.86. The van der Waals surface area contributed by atoms with Crippen LogP contribution in [0, 0.1) is 6.92 Å². The van der Waals surface area contributed by atoms with Crippen LogP contribution in [0.15, 0.2) is 52.3 Å². The largest absolute Gasteiger partial charge is 0.351 e. The topological polar surface area (TPSA) is 57.9 Å². The van der Waals surface area contributed by atoms with E-state index in [9.17, 15) is 9.59 Å². The summed E-state index contributed by atoms with van der Waals surface area (Å²) in [6, 6.07) is 12.2. The lowest BCUT2D eigenvalue weighted by Gasteiger charge is -2.30. The van der Waals surface area contributed by atoms with E-state index >= 15 is 0 Å². The van der Waals surface area contributed by atoms with Gasteiger partial charge in [-0.05, 0) is 48.6 Å². The average molecular weight is 547 g/mol. The predicted octanol–water partition coefficient (Wildman–Crippen LogP) is 6.13. The van der Waals surface area contributed by atoms with Crippen LogP contribution in [-0.4, -0.2) is 37.6 Å². The molecule has 0 spiro atoms. The summed E-state index contributed by atoms with van der Waals surface area (Å²) in [5.41, 5.74) is 4.40. The summed E-state index contributed by atoms with van der Waals surface area (Å²) in [6.45, 7) is 6.21. The number of thioether (sulfide) groups is 1. The van der Waals surface area contributed by atoms with Gasteiger partial charge in [-0.15, -0.1) is 0 Å². The fraction of sp³-hybridized carbons (Fsp3) is 0.400. The molecule has 5 rings (SSSR count). The number of benzene rings is 1. The number of thiocarbonyl (C=S) groups is 1. The van der Waals surface area contributed by atoms with Crippen molar-refractivity contribution < 1.29 is 4.79 Å². The van der Waals surface area contributed by atoms with Crippen LogP contribution in [-0.2, 0) is 17.8 Å². The first kappa shape index (κ1) is 26.6. The Hall–Kier alpha value is -2.97. The lowest BCUT2D eigenvalue weighted by atomic mass is 9.99. The second-order valence-corrected chi connectivity index (χ2v) is 11.8. The summed E-state index contributed by atoms with van der Waals surface area (Å²) in [5, 5.41) is 0. The zero-order valence-electron chi connectivity index (χ0n) is 22.1. The molecule has 8 heteroatoms. The molecule has 0 unspecified atom stereocenters. The van der Waals surface area contributed by atoms with E-state index in [1.165, 1.54) is 48.6 Å². The molecule has 1 amide bonds. The van der Waals surface area contributed by atoms with Crippen LogP contribution >= 0.6 is 24.0 Å². The SMILES string of the molecule is CCCCCCCCN1C(=O)/C(=C\c2c(N3CCc4ccccc4C3)nc3ccc(C)cn3c2=O)SC1=S. The normalized spacial score (nSPS) is 16.6. The van der Waals surface area contributed by atoms with Crippen molar-refractivity contribution in [1.82, 2.24) is 14.3 Å². The summed E-state index contributed by atoms with van der Waals surface area (Å²) in [6.07, 6.45) is 11.3. The molecule has 4 heterocycles. The molecular weight excluding hydrogens is 512 g/mol. The molecular formula is C30H34N4O2S2.